The Bertz CT molecular complexity index is 692. The molecule has 20 heavy (non-hydrogen) atoms. The molecule has 2 rings (SSSR count). The SMILES string of the molecule is Cc1ccc(NC(=S)Nc2ccccc2Cl)cc1C#N. The van der Waals surface area contributed by atoms with Gasteiger partial charge in [0.1, 0.15) is 0 Å². The van der Waals surface area contributed by atoms with Crippen molar-refractivity contribution in [1.29, 1.82) is 5.26 Å². The third-order valence-electron chi connectivity index (χ3n) is 2.74. The van der Waals surface area contributed by atoms with E-state index in [9.17, 15) is 0 Å². The normalized spacial score (nSPS) is 9.65. The number of para-hydroxylation sites is 1. The summed E-state index contributed by atoms with van der Waals surface area (Å²) in [6.07, 6.45) is 0. The smallest absolute Gasteiger partial charge is 0.175 e. The van der Waals surface area contributed by atoms with Crippen LogP contribution in [0.3, 0.4) is 0 Å². The van der Waals surface area contributed by atoms with E-state index in [4.69, 9.17) is 29.1 Å². The van der Waals surface area contributed by atoms with Crippen LogP contribution in [0.5, 0.6) is 0 Å². The number of hydrogen-bond donors (Lipinski definition) is 2. The summed E-state index contributed by atoms with van der Waals surface area (Å²) in [6.45, 7) is 1.89. The molecule has 0 radical (unpaired) electrons. The van der Waals surface area contributed by atoms with Gasteiger partial charge in [-0.2, -0.15) is 5.26 Å². The Kier molecular flexibility index (Phi) is 4.57. The van der Waals surface area contributed by atoms with Crippen LogP contribution in [0.1, 0.15) is 11.1 Å². The van der Waals surface area contributed by atoms with Crippen LogP contribution in [0.2, 0.25) is 5.02 Å². The molecule has 0 aliphatic heterocycles. The number of anilines is 2. The van der Waals surface area contributed by atoms with Crippen LogP contribution in [0.4, 0.5) is 11.4 Å². The third kappa shape index (κ3) is 3.47. The van der Waals surface area contributed by atoms with E-state index in [1.807, 2.05) is 37.3 Å². The zero-order valence-electron chi connectivity index (χ0n) is 10.8. The molecule has 0 aliphatic carbocycles. The predicted molar refractivity (Wildman–Crippen MR) is 87.2 cm³/mol. The molecule has 0 unspecified atom stereocenters. The van der Waals surface area contributed by atoms with E-state index in [-0.39, 0.29) is 0 Å². The Morgan fingerprint density at radius 2 is 1.95 bits per heavy atom. The summed E-state index contributed by atoms with van der Waals surface area (Å²) in [7, 11) is 0. The van der Waals surface area contributed by atoms with Gasteiger partial charge in [0.2, 0.25) is 0 Å². The van der Waals surface area contributed by atoms with Gasteiger partial charge in [0.05, 0.1) is 22.3 Å². The van der Waals surface area contributed by atoms with Crippen LogP contribution >= 0.6 is 23.8 Å². The van der Waals surface area contributed by atoms with Gasteiger partial charge in [-0.25, -0.2) is 0 Å². The quantitative estimate of drug-likeness (QED) is 0.811. The molecule has 0 saturated carbocycles. The molecule has 0 saturated heterocycles. The van der Waals surface area contributed by atoms with Crippen molar-refractivity contribution in [3.05, 3.63) is 58.6 Å². The number of halogens is 1. The number of nitriles is 1. The molecule has 0 bridgehead atoms. The zero-order chi connectivity index (χ0) is 14.5. The Morgan fingerprint density at radius 3 is 2.65 bits per heavy atom. The lowest BCUT2D eigenvalue weighted by Crippen LogP contribution is -2.19. The highest BCUT2D eigenvalue weighted by atomic mass is 35.5. The van der Waals surface area contributed by atoms with Crippen LogP contribution in [0.15, 0.2) is 42.5 Å². The number of thiocarbonyl (C=S) groups is 1. The molecule has 0 aromatic heterocycles. The summed E-state index contributed by atoms with van der Waals surface area (Å²) in [5.41, 5.74) is 3.05. The minimum Gasteiger partial charge on any atom is -0.332 e. The Balaban J connectivity index is 2.09. The summed E-state index contributed by atoms with van der Waals surface area (Å²) in [4.78, 5) is 0. The van der Waals surface area contributed by atoms with Gasteiger partial charge >= 0.3 is 0 Å². The second-order valence-electron chi connectivity index (χ2n) is 4.20. The van der Waals surface area contributed by atoms with Crippen LogP contribution in [0, 0.1) is 18.3 Å². The number of nitrogens with zero attached hydrogens (tertiary/aromatic N) is 1. The average molecular weight is 302 g/mol. The first-order chi connectivity index (χ1) is 9.60. The molecular weight excluding hydrogens is 290 g/mol. The maximum absolute atomic E-state index is 9.00. The van der Waals surface area contributed by atoms with Crippen LogP contribution in [0.25, 0.3) is 0 Å². The molecule has 3 nitrogen and oxygen atoms in total. The summed E-state index contributed by atoms with van der Waals surface area (Å²) in [6, 6.07) is 15.0. The van der Waals surface area contributed by atoms with Gasteiger partial charge in [0.15, 0.2) is 5.11 Å². The van der Waals surface area contributed by atoms with Crippen molar-refractivity contribution in [3.63, 3.8) is 0 Å². The second-order valence-corrected chi connectivity index (χ2v) is 5.02. The van der Waals surface area contributed by atoms with Crippen molar-refractivity contribution in [2.24, 2.45) is 0 Å². The van der Waals surface area contributed by atoms with Gasteiger partial charge in [-0.05, 0) is 49.0 Å². The first-order valence-corrected chi connectivity index (χ1v) is 6.72. The first kappa shape index (κ1) is 14.3. The summed E-state index contributed by atoms with van der Waals surface area (Å²) >= 11 is 11.3. The highest BCUT2D eigenvalue weighted by Gasteiger charge is 2.04. The lowest BCUT2D eigenvalue weighted by Gasteiger charge is -2.12. The number of aryl methyl sites for hydroxylation is 1. The number of rotatable bonds is 2. The van der Waals surface area contributed by atoms with Crippen molar-refractivity contribution in [2.45, 2.75) is 6.92 Å². The summed E-state index contributed by atoms with van der Waals surface area (Å²) in [5.74, 6) is 0. The fourth-order valence-corrected chi connectivity index (χ4v) is 2.08. The summed E-state index contributed by atoms with van der Waals surface area (Å²) < 4.78 is 0. The van der Waals surface area contributed by atoms with E-state index in [2.05, 4.69) is 16.7 Å². The van der Waals surface area contributed by atoms with Crippen molar-refractivity contribution in [1.82, 2.24) is 0 Å². The van der Waals surface area contributed by atoms with Gasteiger partial charge in [0, 0.05) is 5.69 Å². The molecule has 0 aliphatic rings. The molecule has 2 aromatic carbocycles. The zero-order valence-corrected chi connectivity index (χ0v) is 12.3. The molecule has 0 fully saturated rings. The minimum atomic E-state index is 0.422. The van der Waals surface area contributed by atoms with E-state index in [0.717, 1.165) is 16.9 Å². The highest BCUT2D eigenvalue weighted by Crippen LogP contribution is 2.21. The number of hydrogen-bond acceptors (Lipinski definition) is 2. The van der Waals surface area contributed by atoms with Crippen LogP contribution in [-0.4, -0.2) is 5.11 Å². The topological polar surface area (TPSA) is 47.8 Å². The maximum Gasteiger partial charge on any atom is 0.175 e. The van der Waals surface area contributed by atoms with E-state index >= 15 is 0 Å². The monoisotopic (exact) mass is 301 g/mol. The Morgan fingerprint density at radius 1 is 1.20 bits per heavy atom. The first-order valence-electron chi connectivity index (χ1n) is 5.93. The van der Waals surface area contributed by atoms with Crippen molar-refractivity contribution in [3.8, 4) is 6.07 Å². The fraction of sp³-hybridized carbons (Fsp3) is 0.0667. The fourth-order valence-electron chi connectivity index (χ4n) is 1.67. The van der Waals surface area contributed by atoms with E-state index in [0.29, 0.717) is 15.7 Å². The minimum absolute atomic E-state index is 0.422. The third-order valence-corrected chi connectivity index (χ3v) is 3.27. The van der Waals surface area contributed by atoms with Gasteiger partial charge < -0.3 is 10.6 Å². The van der Waals surface area contributed by atoms with Gasteiger partial charge in [-0.1, -0.05) is 29.8 Å². The highest BCUT2D eigenvalue weighted by molar-refractivity contribution is 7.80. The van der Waals surface area contributed by atoms with E-state index in [1.54, 1.807) is 12.1 Å². The second kappa shape index (κ2) is 6.38. The number of nitrogens with one attached hydrogen (secondary N) is 2. The Hall–Kier alpha value is -2.09. The van der Waals surface area contributed by atoms with Gasteiger partial charge in [0.25, 0.3) is 0 Å². The van der Waals surface area contributed by atoms with Crippen LogP contribution in [-0.2, 0) is 0 Å². The number of benzene rings is 2. The van der Waals surface area contributed by atoms with Gasteiger partial charge in [-0.3, -0.25) is 0 Å². The standard InChI is InChI=1S/C15H12ClN3S/c1-10-6-7-12(8-11(10)9-17)18-15(20)19-14-5-3-2-4-13(14)16/h2-8H,1H3,(H2,18,19,20). The molecule has 2 aromatic rings. The molecule has 0 spiro atoms. The van der Waals surface area contributed by atoms with Crippen molar-refractivity contribution in [2.75, 3.05) is 10.6 Å². The molecule has 0 amide bonds. The molecule has 0 atom stereocenters. The maximum atomic E-state index is 9.00. The predicted octanol–water partition coefficient (Wildman–Crippen LogP) is 4.33. The van der Waals surface area contributed by atoms with Crippen LogP contribution < -0.4 is 10.6 Å². The molecule has 2 N–H and O–H groups in total. The summed E-state index contributed by atoms with van der Waals surface area (Å²) in [5, 5.41) is 16.1. The largest absolute Gasteiger partial charge is 0.332 e. The van der Waals surface area contributed by atoms with E-state index < -0.39 is 0 Å². The molecule has 100 valence electrons. The molecular formula is C15H12ClN3S. The average Bonchev–Trinajstić information content (AvgIpc) is 2.43. The van der Waals surface area contributed by atoms with E-state index in [1.165, 1.54) is 0 Å². The molecule has 5 heteroatoms. The lowest BCUT2D eigenvalue weighted by atomic mass is 10.1. The van der Waals surface area contributed by atoms with Crippen molar-refractivity contribution < 1.29 is 0 Å². The lowest BCUT2D eigenvalue weighted by molar-refractivity contribution is 1.39. The Labute approximate surface area is 128 Å². The van der Waals surface area contributed by atoms with Gasteiger partial charge in [-0.15, -0.1) is 0 Å². The molecule has 0 heterocycles. The van der Waals surface area contributed by atoms with Crippen molar-refractivity contribution >= 4 is 40.3 Å².